The Hall–Kier alpha value is -3.01. The predicted octanol–water partition coefficient (Wildman–Crippen LogP) is 1.53. The molecule has 0 aliphatic rings. The van der Waals surface area contributed by atoms with Gasteiger partial charge in [0, 0.05) is 43.9 Å². The van der Waals surface area contributed by atoms with Crippen LogP contribution >= 0.6 is 0 Å². The van der Waals surface area contributed by atoms with Gasteiger partial charge in [0.2, 0.25) is 11.9 Å². The molecular weight excluding hydrogens is 377 g/mol. The highest BCUT2D eigenvalue weighted by Crippen LogP contribution is 2.27. The van der Waals surface area contributed by atoms with Crippen LogP contribution in [0.1, 0.15) is 32.0 Å². The summed E-state index contributed by atoms with van der Waals surface area (Å²) < 4.78 is 20.6. The maximum absolute atomic E-state index is 14.2. The van der Waals surface area contributed by atoms with Crippen molar-refractivity contribution >= 4 is 28.4 Å². The van der Waals surface area contributed by atoms with Gasteiger partial charge in [-0.1, -0.05) is 0 Å². The Morgan fingerprint density at radius 1 is 1.38 bits per heavy atom. The number of hydrogen-bond donors (Lipinski definition) is 2. The van der Waals surface area contributed by atoms with E-state index in [4.69, 9.17) is 16.2 Å². The fourth-order valence-corrected chi connectivity index (χ4v) is 3.23. The van der Waals surface area contributed by atoms with E-state index in [-0.39, 0.29) is 23.6 Å². The molecule has 0 aliphatic heterocycles. The number of rotatable bonds is 8. The average Bonchev–Trinajstić information content (AvgIpc) is 3.12. The SMILES string of the molecule is COc1cc2nc(N)n3nc(CCC[C@H](C)N(C)C(=O)CCN)nc3c2cc1F. The molecular formula is C19H26FN7O2. The first-order valence-electron chi connectivity index (χ1n) is 9.49. The molecule has 10 heteroatoms. The van der Waals surface area contributed by atoms with Gasteiger partial charge in [0.25, 0.3) is 0 Å². The Labute approximate surface area is 167 Å². The zero-order chi connectivity index (χ0) is 21.1. The van der Waals surface area contributed by atoms with E-state index in [1.54, 1.807) is 11.9 Å². The lowest BCUT2D eigenvalue weighted by molar-refractivity contribution is -0.131. The van der Waals surface area contributed by atoms with Crippen molar-refractivity contribution in [3.05, 3.63) is 23.8 Å². The lowest BCUT2D eigenvalue weighted by atomic mass is 10.1. The van der Waals surface area contributed by atoms with E-state index in [0.29, 0.717) is 41.8 Å². The first-order chi connectivity index (χ1) is 13.8. The Bertz CT molecular complexity index is 1040. The van der Waals surface area contributed by atoms with Gasteiger partial charge in [-0.25, -0.2) is 14.4 Å². The number of nitrogen functional groups attached to an aromatic ring is 1. The summed E-state index contributed by atoms with van der Waals surface area (Å²) in [5.41, 5.74) is 12.4. The molecule has 1 aromatic carbocycles. The molecule has 3 aromatic rings. The molecule has 0 fully saturated rings. The van der Waals surface area contributed by atoms with Gasteiger partial charge < -0.3 is 21.1 Å². The minimum Gasteiger partial charge on any atom is -0.494 e. The van der Waals surface area contributed by atoms with E-state index >= 15 is 0 Å². The Kier molecular flexibility index (Phi) is 6.12. The smallest absolute Gasteiger partial charge is 0.223 e. The van der Waals surface area contributed by atoms with Gasteiger partial charge in [-0.3, -0.25) is 4.79 Å². The zero-order valence-corrected chi connectivity index (χ0v) is 16.9. The van der Waals surface area contributed by atoms with Crippen molar-refractivity contribution in [2.75, 3.05) is 26.4 Å². The highest BCUT2D eigenvalue weighted by molar-refractivity contribution is 5.93. The fraction of sp³-hybridized carbons (Fsp3) is 0.474. The van der Waals surface area contributed by atoms with Crippen molar-refractivity contribution in [2.45, 2.75) is 38.6 Å². The molecule has 4 N–H and O–H groups in total. The third-order valence-electron chi connectivity index (χ3n) is 5.05. The number of ether oxygens (including phenoxy) is 1. The second-order valence-electron chi connectivity index (χ2n) is 7.02. The van der Waals surface area contributed by atoms with Crippen LogP contribution in [-0.2, 0) is 11.2 Å². The number of amides is 1. The molecule has 0 saturated heterocycles. The van der Waals surface area contributed by atoms with Crippen LogP contribution in [0.2, 0.25) is 0 Å². The molecule has 1 atom stereocenters. The first kappa shape index (κ1) is 20.7. The van der Waals surface area contributed by atoms with Crippen LogP contribution < -0.4 is 16.2 Å². The van der Waals surface area contributed by atoms with Gasteiger partial charge in [-0.2, -0.15) is 4.52 Å². The maximum atomic E-state index is 14.2. The van der Waals surface area contributed by atoms with Crippen LogP contribution in [0.15, 0.2) is 12.1 Å². The van der Waals surface area contributed by atoms with Crippen LogP contribution in [0.3, 0.4) is 0 Å². The number of methoxy groups -OCH3 is 1. The van der Waals surface area contributed by atoms with Crippen LogP contribution in [0.4, 0.5) is 10.3 Å². The third-order valence-corrected chi connectivity index (χ3v) is 5.05. The summed E-state index contributed by atoms with van der Waals surface area (Å²) in [4.78, 5) is 22.5. The maximum Gasteiger partial charge on any atom is 0.223 e. The molecule has 29 heavy (non-hydrogen) atoms. The summed E-state index contributed by atoms with van der Waals surface area (Å²) in [7, 11) is 3.18. The molecule has 3 rings (SSSR count). The van der Waals surface area contributed by atoms with Gasteiger partial charge in [-0.15, -0.1) is 5.10 Å². The quantitative estimate of drug-likeness (QED) is 0.584. The number of anilines is 1. The highest BCUT2D eigenvalue weighted by atomic mass is 19.1. The zero-order valence-electron chi connectivity index (χ0n) is 16.9. The molecule has 0 saturated carbocycles. The van der Waals surface area contributed by atoms with E-state index in [2.05, 4.69) is 15.1 Å². The molecule has 2 aromatic heterocycles. The summed E-state index contributed by atoms with van der Waals surface area (Å²) in [6.45, 7) is 2.34. The second-order valence-corrected chi connectivity index (χ2v) is 7.02. The molecule has 0 radical (unpaired) electrons. The Morgan fingerprint density at radius 3 is 2.83 bits per heavy atom. The molecule has 2 heterocycles. The number of nitrogens with two attached hydrogens (primary N) is 2. The topological polar surface area (TPSA) is 125 Å². The molecule has 0 spiro atoms. The van der Waals surface area contributed by atoms with E-state index in [1.807, 2.05) is 6.92 Å². The van der Waals surface area contributed by atoms with Gasteiger partial charge in [0.15, 0.2) is 23.0 Å². The van der Waals surface area contributed by atoms with Crippen molar-refractivity contribution in [1.82, 2.24) is 24.5 Å². The standard InChI is InChI=1S/C19H26FN7O2/c1-11(26(2)17(28)7-8-21)5-4-6-16-24-18-12-9-13(20)15(29-3)10-14(12)23-19(22)27(18)25-16/h9-11H,4-8,21H2,1-3H3,(H2,22,23)/t11-/m0/s1. The minimum absolute atomic E-state index is 0.0358. The largest absolute Gasteiger partial charge is 0.494 e. The number of aryl methyl sites for hydroxylation is 1. The summed E-state index contributed by atoms with van der Waals surface area (Å²) >= 11 is 0. The van der Waals surface area contributed by atoms with Gasteiger partial charge >= 0.3 is 0 Å². The van der Waals surface area contributed by atoms with Crippen molar-refractivity contribution in [3.63, 3.8) is 0 Å². The predicted molar refractivity (Wildman–Crippen MR) is 108 cm³/mol. The highest BCUT2D eigenvalue weighted by Gasteiger charge is 2.17. The van der Waals surface area contributed by atoms with E-state index in [1.165, 1.54) is 23.8 Å². The van der Waals surface area contributed by atoms with Gasteiger partial charge in [0.1, 0.15) is 0 Å². The number of hydrogen-bond acceptors (Lipinski definition) is 7. The summed E-state index contributed by atoms with van der Waals surface area (Å²) in [5, 5.41) is 4.92. The van der Waals surface area contributed by atoms with Crippen molar-refractivity contribution in [1.29, 1.82) is 0 Å². The normalized spacial score (nSPS) is 12.4. The van der Waals surface area contributed by atoms with Crippen LogP contribution in [0.5, 0.6) is 5.75 Å². The van der Waals surface area contributed by atoms with Gasteiger partial charge in [0.05, 0.1) is 12.6 Å². The second kappa shape index (κ2) is 8.56. The van der Waals surface area contributed by atoms with E-state index in [0.717, 1.165) is 12.8 Å². The number of carbonyl (C=O) groups is 1. The molecule has 0 aliphatic carbocycles. The van der Waals surface area contributed by atoms with E-state index < -0.39 is 5.82 Å². The first-order valence-corrected chi connectivity index (χ1v) is 9.49. The van der Waals surface area contributed by atoms with Crippen LogP contribution in [-0.4, -0.2) is 57.1 Å². The molecule has 0 bridgehead atoms. The molecule has 156 valence electrons. The number of nitrogens with zero attached hydrogens (tertiary/aromatic N) is 5. The molecule has 1 amide bonds. The minimum atomic E-state index is -0.503. The summed E-state index contributed by atoms with van der Waals surface area (Å²) in [5.74, 6) is 0.382. The Balaban J connectivity index is 1.77. The van der Waals surface area contributed by atoms with Crippen LogP contribution in [0.25, 0.3) is 16.6 Å². The van der Waals surface area contributed by atoms with Crippen LogP contribution in [0, 0.1) is 5.82 Å². The number of aromatic nitrogens is 4. The number of halogens is 1. The number of benzene rings is 1. The summed E-state index contributed by atoms with van der Waals surface area (Å²) in [6, 6.07) is 2.90. The summed E-state index contributed by atoms with van der Waals surface area (Å²) in [6.07, 6.45) is 2.52. The number of carbonyl (C=O) groups excluding carboxylic acids is 1. The lowest BCUT2D eigenvalue weighted by Gasteiger charge is -2.24. The van der Waals surface area contributed by atoms with Crippen molar-refractivity contribution in [3.8, 4) is 5.75 Å². The van der Waals surface area contributed by atoms with Crippen molar-refractivity contribution in [2.24, 2.45) is 5.73 Å². The lowest BCUT2D eigenvalue weighted by Crippen LogP contribution is -2.36. The monoisotopic (exact) mass is 403 g/mol. The molecule has 0 unspecified atom stereocenters. The van der Waals surface area contributed by atoms with Gasteiger partial charge in [-0.05, 0) is 25.8 Å². The van der Waals surface area contributed by atoms with E-state index in [9.17, 15) is 9.18 Å². The molecule has 9 nitrogen and oxygen atoms in total. The number of fused-ring (bicyclic) bond motifs is 3. The third kappa shape index (κ3) is 4.21. The average molecular weight is 403 g/mol. The van der Waals surface area contributed by atoms with Crippen molar-refractivity contribution < 1.29 is 13.9 Å². The Morgan fingerprint density at radius 2 is 2.14 bits per heavy atom. The fourth-order valence-electron chi connectivity index (χ4n) is 3.23.